The van der Waals surface area contributed by atoms with Gasteiger partial charge in [0.05, 0.1) is 17.0 Å². The Morgan fingerprint density at radius 3 is 2.56 bits per heavy atom. The number of carbonyl (C=O) groups is 1. The zero-order chi connectivity index (χ0) is 18.6. The van der Waals surface area contributed by atoms with Gasteiger partial charge in [0, 0.05) is 18.0 Å². The first-order valence-corrected chi connectivity index (χ1v) is 8.69. The number of hydrazone groups is 1. The van der Waals surface area contributed by atoms with Crippen LogP contribution in [0.25, 0.3) is 5.69 Å². The molecule has 0 saturated heterocycles. The van der Waals surface area contributed by atoms with Crippen LogP contribution in [-0.2, 0) is 0 Å². The standard InChI is InChI=1S/C21H19N3O3/c1-15(16-8-9-19-20(14-16)27-13-12-26-19)22-23-21(25)17-6-2-3-7-18(17)24-10-4-5-11-24/h2-11,14H,12-13H2,1H3,(H,23,25). The van der Waals surface area contributed by atoms with Crippen LogP contribution in [0.2, 0.25) is 0 Å². The van der Waals surface area contributed by atoms with Crippen LogP contribution >= 0.6 is 0 Å². The van der Waals surface area contributed by atoms with E-state index in [0.29, 0.717) is 30.2 Å². The summed E-state index contributed by atoms with van der Waals surface area (Å²) in [6.45, 7) is 2.92. The minimum absolute atomic E-state index is 0.267. The molecule has 3 aromatic rings. The van der Waals surface area contributed by atoms with Gasteiger partial charge in [0.15, 0.2) is 11.5 Å². The van der Waals surface area contributed by atoms with Gasteiger partial charge in [-0.3, -0.25) is 4.79 Å². The Morgan fingerprint density at radius 1 is 1.00 bits per heavy atom. The van der Waals surface area contributed by atoms with Crippen LogP contribution in [0.4, 0.5) is 0 Å². The van der Waals surface area contributed by atoms with Crippen molar-refractivity contribution in [3.05, 3.63) is 78.1 Å². The molecule has 1 amide bonds. The largest absolute Gasteiger partial charge is 0.486 e. The summed E-state index contributed by atoms with van der Waals surface area (Å²) >= 11 is 0. The van der Waals surface area contributed by atoms with Gasteiger partial charge in [0.1, 0.15) is 13.2 Å². The molecule has 0 bridgehead atoms. The van der Waals surface area contributed by atoms with Crippen molar-refractivity contribution < 1.29 is 14.3 Å². The smallest absolute Gasteiger partial charge is 0.273 e. The van der Waals surface area contributed by atoms with Crippen molar-refractivity contribution in [1.29, 1.82) is 0 Å². The molecule has 0 saturated carbocycles. The average molecular weight is 361 g/mol. The molecule has 1 N–H and O–H groups in total. The van der Waals surface area contributed by atoms with Crippen molar-refractivity contribution in [3.8, 4) is 17.2 Å². The van der Waals surface area contributed by atoms with Gasteiger partial charge in [-0.15, -0.1) is 0 Å². The summed E-state index contributed by atoms with van der Waals surface area (Å²) in [5.74, 6) is 1.15. The van der Waals surface area contributed by atoms with Gasteiger partial charge < -0.3 is 14.0 Å². The lowest BCUT2D eigenvalue weighted by atomic mass is 10.1. The Hall–Kier alpha value is -3.54. The number of para-hydroxylation sites is 1. The fourth-order valence-corrected chi connectivity index (χ4v) is 2.91. The highest BCUT2D eigenvalue weighted by Crippen LogP contribution is 2.30. The highest BCUT2D eigenvalue weighted by molar-refractivity contribution is 6.02. The lowest BCUT2D eigenvalue weighted by Gasteiger charge is -2.18. The van der Waals surface area contributed by atoms with E-state index in [2.05, 4.69) is 10.5 Å². The fraction of sp³-hybridized carbons (Fsp3) is 0.143. The van der Waals surface area contributed by atoms with Gasteiger partial charge in [0.2, 0.25) is 0 Å². The summed E-state index contributed by atoms with van der Waals surface area (Å²) in [5.41, 5.74) is 5.53. The third kappa shape index (κ3) is 3.55. The zero-order valence-electron chi connectivity index (χ0n) is 14.9. The third-order valence-electron chi connectivity index (χ3n) is 4.32. The molecular formula is C21H19N3O3. The van der Waals surface area contributed by atoms with Gasteiger partial charge in [-0.05, 0) is 49.4 Å². The number of fused-ring (bicyclic) bond motifs is 1. The van der Waals surface area contributed by atoms with E-state index in [1.54, 1.807) is 6.07 Å². The van der Waals surface area contributed by atoms with Gasteiger partial charge in [-0.2, -0.15) is 5.10 Å². The minimum atomic E-state index is -0.267. The number of nitrogens with one attached hydrogen (secondary N) is 1. The van der Waals surface area contributed by atoms with Gasteiger partial charge in [0.25, 0.3) is 5.91 Å². The van der Waals surface area contributed by atoms with Crippen LogP contribution in [0.5, 0.6) is 11.5 Å². The van der Waals surface area contributed by atoms with Crippen molar-refractivity contribution >= 4 is 11.6 Å². The Balaban J connectivity index is 1.54. The Labute approximate surface area is 157 Å². The molecule has 2 aromatic carbocycles. The molecule has 0 radical (unpaired) electrons. The van der Waals surface area contributed by atoms with Crippen LogP contribution in [0.1, 0.15) is 22.8 Å². The van der Waals surface area contributed by atoms with Gasteiger partial charge in [-0.1, -0.05) is 12.1 Å². The van der Waals surface area contributed by atoms with E-state index in [1.165, 1.54) is 0 Å². The molecular weight excluding hydrogens is 342 g/mol. The van der Waals surface area contributed by atoms with E-state index in [9.17, 15) is 4.79 Å². The third-order valence-corrected chi connectivity index (χ3v) is 4.32. The fourth-order valence-electron chi connectivity index (χ4n) is 2.91. The monoisotopic (exact) mass is 361 g/mol. The maximum absolute atomic E-state index is 12.7. The van der Waals surface area contributed by atoms with Crippen LogP contribution < -0.4 is 14.9 Å². The van der Waals surface area contributed by atoms with Crippen molar-refractivity contribution in [3.63, 3.8) is 0 Å². The molecule has 1 aliphatic rings. The second kappa shape index (κ2) is 7.37. The van der Waals surface area contributed by atoms with Gasteiger partial charge in [-0.25, -0.2) is 5.43 Å². The number of hydrogen-bond acceptors (Lipinski definition) is 4. The molecule has 0 aliphatic carbocycles. The second-order valence-electron chi connectivity index (χ2n) is 6.10. The predicted octanol–water partition coefficient (Wildman–Crippen LogP) is 3.40. The molecule has 2 heterocycles. The van der Waals surface area contributed by atoms with Crippen molar-refractivity contribution in [2.24, 2.45) is 5.10 Å². The number of benzene rings is 2. The highest BCUT2D eigenvalue weighted by atomic mass is 16.6. The van der Waals surface area contributed by atoms with Crippen molar-refractivity contribution in [2.45, 2.75) is 6.92 Å². The Kier molecular flexibility index (Phi) is 4.61. The molecule has 0 atom stereocenters. The molecule has 6 nitrogen and oxygen atoms in total. The second-order valence-corrected chi connectivity index (χ2v) is 6.10. The van der Waals surface area contributed by atoms with E-state index in [0.717, 1.165) is 17.0 Å². The maximum atomic E-state index is 12.7. The number of ether oxygens (including phenoxy) is 2. The molecule has 1 aliphatic heterocycles. The molecule has 4 rings (SSSR count). The van der Waals surface area contributed by atoms with Crippen molar-refractivity contribution in [1.82, 2.24) is 9.99 Å². The van der Waals surface area contributed by atoms with E-state index < -0.39 is 0 Å². The van der Waals surface area contributed by atoms with Crippen LogP contribution in [0.15, 0.2) is 72.1 Å². The maximum Gasteiger partial charge on any atom is 0.273 e. The molecule has 0 spiro atoms. The number of hydrogen-bond donors (Lipinski definition) is 1. The van der Waals surface area contributed by atoms with E-state index >= 15 is 0 Å². The molecule has 136 valence electrons. The Morgan fingerprint density at radius 2 is 1.74 bits per heavy atom. The first-order chi connectivity index (χ1) is 13.2. The van der Waals surface area contributed by atoms with E-state index in [4.69, 9.17) is 9.47 Å². The topological polar surface area (TPSA) is 64.9 Å². The molecule has 0 fully saturated rings. The molecule has 27 heavy (non-hydrogen) atoms. The van der Waals surface area contributed by atoms with Crippen LogP contribution in [-0.4, -0.2) is 29.4 Å². The lowest BCUT2D eigenvalue weighted by molar-refractivity contribution is 0.0955. The minimum Gasteiger partial charge on any atom is -0.486 e. The van der Waals surface area contributed by atoms with Crippen LogP contribution in [0, 0.1) is 0 Å². The summed E-state index contributed by atoms with van der Waals surface area (Å²) < 4.78 is 13.0. The first kappa shape index (κ1) is 16.9. The number of amides is 1. The average Bonchev–Trinajstić information content (AvgIpc) is 3.26. The Bertz CT molecular complexity index is 994. The summed E-state index contributed by atoms with van der Waals surface area (Å²) in [6, 6.07) is 16.9. The summed E-state index contributed by atoms with van der Waals surface area (Å²) in [5, 5.41) is 4.25. The van der Waals surface area contributed by atoms with Gasteiger partial charge >= 0.3 is 0 Å². The molecule has 0 unspecified atom stereocenters. The number of carbonyl (C=O) groups excluding carboxylic acids is 1. The van der Waals surface area contributed by atoms with Crippen LogP contribution in [0.3, 0.4) is 0 Å². The molecule has 6 heteroatoms. The summed E-state index contributed by atoms with van der Waals surface area (Å²) in [6.07, 6.45) is 3.80. The first-order valence-electron chi connectivity index (χ1n) is 8.69. The van der Waals surface area contributed by atoms with Crippen molar-refractivity contribution in [2.75, 3.05) is 13.2 Å². The summed E-state index contributed by atoms with van der Waals surface area (Å²) in [4.78, 5) is 12.7. The highest BCUT2D eigenvalue weighted by Gasteiger charge is 2.14. The number of aromatic nitrogens is 1. The number of nitrogens with zero attached hydrogens (tertiary/aromatic N) is 2. The van der Waals surface area contributed by atoms with E-state index in [1.807, 2.05) is 72.4 Å². The predicted molar refractivity (Wildman–Crippen MR) is 103 cm³/mol. The molecule has 1 aromatic heterocycles. The van der Waals surface area contributed by atoms with E-state index in [-0.39, 0.29) is 5.91 Å². The quantitative estimate of drug-likeness (QED) is 0.572. The SMILES string of the molecule is CC(=NNC(=O)c1ccccc1-n1cccc1)c1ccc2c(c1)OCCO2. The number of rotatable bonds is 4. The summed E-state index contributed by atoms with van der Waals surface area (Å²) in [7, 11) is 0. The lowest BCUT2D eigenvalue weighted by Crippen LogP contribution is -2.21. The normalized spacial score (nSPS) is 13.3. The zero-order valence-corrected chi connectivity index (χ0v) is 14.9.